The number of hydrogen-bond acceptors (Lipinski definition) is 3. The number of hydrogen-bond donors (Lipinski definition) is 3. The predicted molar refractivity (Wildman–Crippen MR) is 81.1 cm³/mol. The van der Waals surface area contributed by atoms with Crippen LogP contribution in [0.5, 0.6) is 0 Å². The van der Waals surface area contributed by atoms with E-state index in [0.717, 1.165) is 25.0 Å². The van der Waals surface area contributed by atoms with Crippen LogP contribution in [0, 0.1) is 11.6 Å². The molecule has 21 heavy (non-hydrogen) atoms. The second kappa shape index (κ2) is 6.80. The molecule has 1 fully saturated rings. The Labute approximate surface area is 127 Å². The van der Waals surface area contributed by atoms with Crippen LogP contribution in [-0.4, -0.2) is 23.5 Å². The first-order valence-electron chi connectivity index (χ1n) is 6.79. The second-order valence-corrected chi connectivity index (χ2v) is 5.49. The Bertz CT molecular complexity index is 538. The Morgan fingerprint density at radius 3 is 2.48 bits per heavy atom. The van der Waals surface area contributed by atoms with Crippen LogP contribution in [0.2, 0.25) is 0 Å². The van der Waals surface area contributed by atoms with Crippen molar-refractivity contribution < 1.29 is 13.6 Å². The minimum absolute atomic E-state index is 0.0240. The monoisotopic (exact) mass is 313 g/mol. The zero-order chi connectivity index (χ0) is 15.4. The van der Waals surface area contributed by atoms with E-state index in [-0.39, 0.29) is 22.1 Å². The van der Waals surface area contributed by atoms with Crippen molar-refractivity contribution in [3.05, 3.63) is 29.3 Å². The molecule has 1 aliphatic rings. The maximum Gasteiger partial charge on any atom is 0.220 e. The summed E-state index contributed by atoms with van der Waals surface area (Å²) >= 11 is 4.68. The lowest BCUT2D eigenvalue weighted by atomic mass is 10.1. The van der Waals surface area contributed by atoms with Gasteiger partial charge in [0.05, 0.1) is 0 Å². The Kier molecular flexibility index (Phi) is 5.06. The van der Waals surface area contributed by atoms with Crippen LogP contribution in [0.4, 0.5) is 14.5 Å². The van der Waals surface area contributed by atoms with Gasteiger partial charge in [0.25, 0.3) is 0 Å². The predicted octanol–water partition coefficient (Wildman–Crippen LogP) is 2.07. The molecule has 1 aromatic carbocycles. The number of thiocarbonyl (C=S) groups is 1. The molecule has 1 aromatic rings. The van der Waals surface area contributed by atoms with Crippen molar-refractivity contribution in [2.75, 3.05) is 11.9 Å². The Morgan fingerprint density at radius 1 is 1.33 bits per heavy atom. The minimum Gasteiger partial charge on any atom is -0.389 e. The third-order valence-corrected chi connectivity index (χ3v) is 3.39. The quantitative estimate of drug-likeness (QED) is 0.532. The van der Waals surface area contributed by atoms with Crippen molar-refractivity contribution in [1.29, 1.82) is 0 Å². The van der Waals surface area contributed by atoms with E-state index in [1.54, 1.807) is 0 Å². The number of nitrogens with one attached hydrogen (secondary N) is 2. The minimum atomic E-state index is -0.750. The van der Waals surface area contributed by atoms with Gasteiger partial charge in [-0.1, -0.05) is 12.2 Å². The van der Waals surface area contributed by atoms with Gasteiger partial charge in [0, 0.05) is 24.6 Å². The number of rotatable bonds is 7. The zero-order valence-corrected chi connectivity index (χ0v) is 12.2. The summed E-state index contributed by atoms with van der Waals surface area (Å²) in [7, 11) is 0. The van der Waals surface area contributed by atoms with E-state index in [1.807, 2.05) is 0 Å². The number of benzene rings is 1. The van der Waals surface area contributed by atoms with Gasteiger partial charge in [-0.25, -0.2) is 8.78 Å². The van der Waals surface area contributed by atoms with Gasteiger partial charge in [-0.2, -0.15) is 0 Å². The summed E-state index contributed by atoms with van der Waals surface area (Å²) in [5.41, 5.74) is 5.26. The van der Waals surface area contributed by atoms with Crippen molar-refractivity contribution in [3.8, 4) is 0 Å². The molecule has 0 aliphatic heterocycles. The van der Waals surface area contributed by atoms with E-state index in [1.165, 1.54) is 0 Å². The molecule has 1 amide bonds. The summed E-state index contributed by atoms with van der Waals surface area (Å²) in [4.78, 5) is 11.4. The highest BCUT2D eigenvalue weighted by atomic mass is 32.1. The molecule has 0 unspecified atom stereocenters. The normalized spacial score (nSPS) is 13.8. The second-order valence-electron chi connectivity index (χ2n) is 5.05. The lowest BCUT2D eigenvalue weighted by molar-refractivity contribution is -0.121. The Hall–Kier alpha value is -1.76. The van der Waals surface area contributed by atoms with Crippen LogP contribution < -0.4 is 16.4 Å². The van der Waals surface area contributed by atoms with Crippen LogP contribution in [-0.2, 0) is 4.79 Å². The molecule has 0 spiro atoms. The number of nitrogens with two attached hydrogens (primary N) is 1. The fraction of sp³-hybridized carbons (Fsp3) is 0.429. The first-order chi connectivity index (χ1) is 9.97. The van der Waals surface area contributed by atoms with E-state index in [2.05, 4.69) is 22.9 Å². The fourth-order valence-electron chi connectivity index (χ4n) is 1.87. The number of anilines is 1. The van der Waals surface area contributed by atoms with Crippen molar-refractivity contribution in [2.45, 2.75) is 31.7 Å². The zero-order valence-electron chi connectivity index (χ0n) is 11.4. The smallest absolute Gasteiger partial charge is 0.220 e. The van der Waals surface area contributed by atoms with Crippen molar-refractivity contribution in [3.63, 3.8) is 0 Å². The number of halogens is 2. The van der Waals surface area contributed by atoms with E-state index >= 15 is 0 Å². The number of amides is 1. The van der Waals surface area contributed by atoms with Crippen LogP contribution in [0.25, 0.3) is 0 Å². The van der Waals surface area contributed by atoms with Gasteiger partial charge in [-0.05, 0) is 31.4 Å². The Balaban J connectivity index is 1.82. The van der Waals surface area contributed by atoms with Gasteiger partial charge >= 0.3 is 0 Å². The SMILES string of the molecule is NC(=S)c1cc(F)c(NCCCC(=O)NC2CC2)c(F)c1. The third kappa shape index (κ3) is 4.63. The molecule has 114 valence electrons. The lowest BCUT2D eigenvalue weighted by Crippen LogP contribution is -2.25. The van der Waals surface area contributed by atoms with Crippen molar-refractivity contribution in [1.82, 2.24) is 5.32 Å². The van der Waals surface area contributed by atoms with E-state index in [9.17, 15) is 13.6 Å². The molecule has 1 aliphatic carbocycles. The van der Waals surface area contributed by atoms with E-state index in [4.69, 9.17) is 5.73 Å². The van der Waals surface area contributed by atoms with Gasteiger partial charge < -0.3 is 16.4 Å². The topological polar surface area (TPSA) is 67.1 Å². The van der Waals surface area contributed by atoms with Crippen LogP contribution in [0.1, 0.15) is 31.2 Å². The standard InChI is InChI=1S/C14H17F2N3OS/c15-10-6-8(14(17)21)7-11(16)13(10)18-5-1-2-12(20)19-9-3-4-9/h6-7,9,18H,1-5H2,(H2,17,21)(H,19,20). The molecular weight excluding hydrogens is 296 g/mol. The van der Waals surface area contributed by atoms with E-state index in [0.29, 0.717) is 25.4 Å². The van der Waals surface area contributed by atoms with Crippen molar-refractivity contribution in [2.24, 2.45) is 5.73 Å². The van der Waals surface area contributed by atoms with Gasteiger partial charge in [-0.15, -0.1) is 0 Å². The lowest BCUT2D eigenvalue weighted by Gasteiger charge is -2.10. The van der Waals surface area contributed by atoms with Crippen LogP contribution >= 0.6 is 12.2 Å². The van der Waals surface area contributed by atoms with Crippen LogP contribution in [0.15, 0.2) is 12.1 Å². The molecule has 0 saturated heterocycles. The molecule has 7 heteroatoms. The molecule has 4 nitrogen and oxygen atoms in total. The summed E-state index contributed by atoms with van der Waals surface area (Å²) in [6.45, 7) is 0.304. The molecule has 0 radical (unpaired) electrons. The summed E-state index contributed by atoms with van der Waals surface area (Å²) in [6, 6.07) is 2.51. The first kappa shape index (κ1) is 15.6. The highest BCUT2D eigenvalue weighted by Gasteiger charge is 2.22. The Morgan fingerprint density at radius 2 is 1.95 bits per heavy atom. The highest BCUT2D eigenvalue weighted by Crippen LogP contribution is 2.21. The molecule has 0 heterocycles. The summed E-state index contributed by atoms with van der Waals surface area (Å²) in [5.74, 6) is -1.52. The number of carbonyl (C=O) groups is 1. The summed E-state index contributed by atoms with van der Waals surface area (Å²) in [5, 5.41) is 5.51. The largest absolute Gasteiger partial charge is 0.389 e. The average Bonchev–Trinajstić information content (AvgIpc) is 3.20. The van der Waals surface area contributed by atoms with Gasteiger partial charge in [0.2, 0.25) is 5.91 Å². The summed E-state index contributed by atoms with van der Waals surface area (Å²) in [6.07, 6.45) is 2.90. The van der Waals surface area contributed by atoms with Crippen LogP contribution in [0.3, 0.4) is 0 Å². The molecule has 0 aromatic heterocycles. The first-order valence-corrected chi connectivity index (χ1v) is 7.20. The average molecular weight is 313 g/mol. The highest BCUT2D eigenvalue weighted by molar-refractivity contribution is 7.80. The summed E-state index contributed by atoms with van der Waals surface area (Å²) < 4.78 is 27.5. The maximum absolute atomic E-state index is 13.7. The molecule has 4 N–H and O–H groups in total. The van der Waals surface area contributed by atoms with Gasteiger partial charge in [-0.3, -0.25) is 4.79 Å². The van der Waals surface area contributed by atoms with Gasteiger partial charge in [0.1, 0.15) is 22.3 Å². The van der Waals surface area contributed by atoms with Gasteiger partial charge in [0.15, 0.2) is 0 Å². The third-order valence-electron chi connectivity index (χ3n) is 3.15. The molecule has 2 rings (SSSR count). The molecule has 1 saturated carbocycles. The molecule has 0 bridgehead atoms. The fourth-order valence-corrected chi connectivity index (χ4v) is 1.99. The molecular formula is C14H17F2N3OS. The maximum atomic E-state index is 13.7. The number of carbonyl (C=O) groups excluding carboxylic acids is 1. The molecule has 0 atom stereocenters. The van der Waals surface area contributed by atoms with Crippen molar-refractivity contribution >= 4 is 28.8 Å². The van der Waals surface area contributed by atoms with E-state index < -0.39 is 11.6 Å².